The van der Waals surface area contributed by atoms with E-state index in [9.17, 15) is 9.59 Å². The van der Waals surface area contributed by atoms with E-state index in [1.165, 1.54) is 16.2 Å². The number of benzene rings is 1. The van der Waals surface area contributed by atoms with Gasteiger partial charge in [-0.25, -0.2) is 0 Å². The number of carbonyl (C=O) groups excluding carboxylic acids is 2. The minimum absolute atomic E-state index is 0.0997. The van der Waals surface area contributed by atoms with Gasteiger partial charge in [0.25, 0.3) is 0 Å². The largest absolute Gasteiger partial charge is 0.374 e. The predicted octanol–water partition coefficient (Wildman–Crippen LogP) is 2.07. The number of rotatable bonds is 6. The van der Waals surface area contributed by atoms with Crippen LogP contribution in [0.2, 0.25) is 0 Å². The van der Waals surface area contributed by atoms with E-state index in [1.807, 2.05) is 26.0 Å². The van der Waals surface area contributed by atoms with Gasteiger partial charge >= 0.3 is 0 Å². The molecule has 0 fully saturated rings. The number of amides is 2. The van der Waals surface area contributed by atoms with Crippen molar-refractivity contribution < 1.29 is 9.59 Å². The molecule has 0 aliphatic carbocycles. The molecule has 24 heavy (non-hydrogen) atoms. The molecule has 2 rings (SSSR count). The minimum atomic E-state index is -0.140. The molecule has 1 aromatic rings. The van der Waals surface area contributed by atoms with Crippen LogP contribution in [0, 0.1) is 0 Å². The predicted molar refractivity (Wildman–Crippen MR) is 98.0 cm³/mol. The Bertz CT molecular complexity index is 625. The third-order valence-electron chi connectivity index (χ3n) is 4.27. The summed E-state index contributed by atoms with van der Waals surface area (Å²) in [4.78, 5) is 27.7. The summed E-state index contributed by atoms with van der Waals surface area (Å²) < 4.78 is 0. The van der Waals surface area contributed by atoms with E-state index < -0.39 is 0 Å². The Labute approximate surface area is 144 Å². The fourth-order valence-corrected chi connectivity index (χ4v) is 2.95. The highest BCUT2D eigenvalue weighted by Gasteiger charge is 2.14. The zero-order chi connectivity index (χ0) is 17.5. The Hall–Kier alpha value is -2.30. The zero-order valence-electron chi connectivity index (χ0n) is 14.8. The molecule has 130 valence electrons. The molecule has 1 N–H and O–H groups in total. The van der Waals surface area contributed by atoms with E-state index in [4.69, 9.17) is 0 Å². The monoisotopic (exact) mass is 329 g/mol. The zero-order valence-corrected chi connectivity index (χ0v) is 14.8. The van der Waals surface area contributed by atoms with Crippen LogP contribution in [0.4, 0.5) is 5.69 Å². The maximum absolute atomic E-state index is 12.3. The minimum Gasteiger partial charge on any atom is -0.374 e. The lowest BCUT2D eigenvalue weighted by Gasteiger charge is -2.27. The number of hydrogen-bond acceptors (Lipinski definition) is 3. The smallest absolute Gasteiger partial charge is 0.247 e. The number of likely N-dealkylation sites (N-methyl/N-ethyl adjacent to an activating group) is 2. The third kappa shape index (κ3) is 4.60. The van der Waals surface area contributed by atoms with Crippen LogP contribution in [0.1, 0.15) is 31.4 Å². The summed E-state index contributed by atoms with van der Waals surface area (Å²) in [5.74, 6) is -0.267. The lowest BCUT2D eigenvalue weighted by Crippen LogP contribution is -2.39. The van der Waals surface area contributed by atoms with Crippen molar-refractivity contribution in [3.8, 4) is 0 Å². The number of hydrogen-bond donors (Lipinski definition) is 1. The van der Waals surface area contributed by atoms with Crippen LogP contribution in [0.3, 0.4) is 0 Å². The average molecular weight is 329 g/mol. The number of nitrogens with zero attached hydrogens (tertiary/aromatic N) is 2. The molecule has 2 amide bonds. The van der Waals surface area contributed by atoms with Crippen molar-refractivity contribution in [2.24, 2.45) is 0 Å². The standard InChI is InChI=1S/C19H27N3O2/c1-4-20-18(23)14-22(5-2)19(24)11-9-15-8-10-17-16(13-15)7-6-12-21(17)3/h8-11,13H,4-7,12,14H2,1-3H3,(H,20,23)/b11-9+. The fraction of sp³-hybridized carbons (Fsp3) is 0.474. The molecule has 1 aliphatic rings. The van der Waals surface area contributed by atoms with Crippen LogP contribution in [-0.4, -0.2) is 49.9 Å². The van der Waals surface area contributed by atoms with Crippen LogP contribution < -0.4 is 10.2 Å². The fourth-order valence-electron chi connectivity index (χ4n) is 2.95. The molecule has 0 unspecified atom stereocenters. The van der Waals surface area contributed by atoms with Crippen molar-refractivity contribution in [2.75, 3.05) is 38.1 Å². The molecule has 0 radical (unpaired) electrons. The Balaban J connectivity index is 2.03. The molecule has 0 saturated carbocycles. The van der Waals surface area contributed by atoms with E-state index in [2.05, 4.69) is 29.4 Å². The van der Waals surface area contributed by atoms with Crippen molar-refractivity contribution in [3.05, 3.63) is 35.4 Å². The van der Waals surface area contributed by atoms with E-state index in [0.717, 1.165) is 24.9 Å². The summed E-state index contributed by atoms with van der Waals surface area (Å²) in [6.45, 7) is 6.01. The molecule has 5 nitrogen and oxygen atoms in total. The van der Waals surface area contributed by atoms with Gasteiger partial charge in [0.2, 0.25) is 11.8 Å². The first-order valence-electron chi connectivity index (χ1n) is 8.62. The highest BCUT2D eigenvalue weighted by molar-refractivity contribution is 5.94. The van der Waals surface area contributed by atoms with Gasteiger partial charge in [-0.05, 0) is 56.0 Å². The number of anilines is 1. The molecule has 1 aromatic carbocycles. The Morgan fingerprint density at radius 1 is 1.33 bits per heavy atom. The van der Waals surface area contributed by atoms with Crippen LogP contribution in [0.25, 0.3) is 6.08 Å². The first-order valence-corrected chi connectivity index (χ1v) is 8.62. The van der Waals surface area contributed by atoms with Gasteiger partial charge < -0.3 is 15.1 Å². The quantitative estimate of drug-likeness (QED) is 0.813. The molecule has 0 saturated heterocycles. The maximum atomic E-state index is 12.3. The van der Waals surface area contributed by atoms with Crippen molar-refractivity contribution in [2.45, 2.75) is 26.7 Å². The SMILES string of the molecule is CCNC(=O)CN(CC)C(=O)/C=C/c1ccc2c(c1)CCCN2C. The summed E-state index contributed by atoms with van der Waals surface area (Å²) in [5, 5.41) is 2.72. The highest BCUT2D eigenvalue weighted by Crippen LogP contribution is 2.27. The van der Waals surface area contributed by atoms with Crippen LogP contribution in [-0.2, 0) is 16.0 Å². The van der Waals surface area contributed by atoms with Gasteiger partial charge in [-0.15, -0.1) is 0 Å². The van der Waals surface area contributed by atoms with Crippen LogP contribution in [0.15, 0.2) is 24.3 Å². The van der Waals surface area contributed by atoms with Gasteiger partial charge in [0.1, 0.15) is 0 Å². The second-order valence-corrected chi connectivity index (χ2v) is 6.05. The van der Waals surface area contributed by atoms with Crippen LogP contribution >= 0.6 is 0 Å². The molecular weight excluding hydrogens is 302 g/mol. The highest BCUT2D eigenvalue weighted by atomic mass is 16.2. The summed E-state index contributed by atoms with van der Waals surface area (Å²) in [6.07, 6.45) is 5.62. The Morgan fingerprint density at radius 3 is 2.83 bits per heavy atom. The van der Waals surface area contributed by atoms with Gasteiger partial charge in [-0.3, -0.25) is 9.59 Å². The molecule has 1 heterocycles. The lowest BCUT2D eigenvalue weighted by molar-refractivity contribution is -0.132. The molecule has 0 spiro atoms. The molecule has 1 aliphatic heterocycles. The number of carbonyl (C=O) groups is 2. The maximum Gasteiger partial charge on any atom is 0.247 e. The number of aryl methyl sites for hydroxylation is 1. The Kier molecular flexibility index (Phi) is 6.41. The van der Waals surface area contributed by atoms with Gasteiger partial charge in [-0.2, -0.15) is 0 Å². The first kappa shape index (κ1) is 18.0. The van der Waals surface area contributed by atoms with Gasteiger partial charge in [0.05, 0.1) is 6.54 Å². The van der Waals surface area contributed by atoms with Crippen molar-refractivity contribution in [3.63, 3.8) is 0 Å². The molecule has 0 aromatic heterocycles. The van der Waals surface area contributed by atoms with E-state index in [1.54, 1.807) is 6.08 Å². The number of nitrogens with one attached hydrogen (secondary N) is 1. The first-order chi connectivity index (χ1) is 11.5. The lowest BCUT2D eigenvalue weighted by atomic mass is 9.99. The van der Waals surface area contributed by atoms with Crippen LogP contribution in [0.5, 0.6) is 0 Å². The average Bonchev–Trinajstić information content (AvgIpc) is 2.58. The molecule has 0 bridgehead atoms. The van der Waals surface area contributed by atoms with Gasteiger partial charge in [-0.1, -0.05) is 6.07 Å². The topological polar surface area (TPSA) is 52.7 Å². The van der Waals surface area contributed by atoms with Crippen molar-refractivity contribution in [1.29, 1.82) is 0 Å². The summed E-state index contributed by atoms with van der Waals surface area (Å²) in [6, 6.07) is 6.30. The Morgan fingerprint density at radius 2 is 2.12 bits per heavy atom. The van der Waals surface area contributed by atoms with Gasteiger partial charge in [0, 0.05) is 38.4 Å². The summed E-state index contributed by atoms with van der Waals surface area (Å²) in [7, 11) is 2.11. The second-order valence-electron chi connectivity index (χ2n) is 6.05. The normalized spacial score (nSPS) is 13.7. The van der Waals surface area contributed by atoms with E-state index in [-0.39, 0.29) is 18.4 Å². The van der Waals surface area contributed by atoms with Crippen molar-refractivity contribution in [1.82, 2.24) is 10.2 Å². The van der Waals surface area contributed by atoms with E-state index in [0.29, 0.717) is 13.1 Å². The molecule has 0 atom stereocenters. The summed E-state index contributed by atoms with van der Waals surface area (Å²) in [5.41, 5.74) is 3.62. The third-order valence-corrected chi connectivity index (χ3v) is 4.27. The second kappa shape index (κ2) is 8.52. The van der Waals surface area contributed by atoms with Crippen molar-refractivity contribution >= 4 is 23.6 Å². The number of fused-ring (bicyclic) bond motifs is 1. The summed E-state index contributed by atoms with van der Waals surface area (Å²) >= 11 is 0. The molecule has 5 heteroatoms. The van der Waals surface area contributed by atoms with E-state index >= 15 is 0 Å². The molecular formula is C19H27N3O2. The van der Waals surface area contributed by atoms with Gasteiger partial charge in [0.15, 0.2) is 0 Å².